The van der Waals surface area contributed by atoms with Gasteiger partial charge in [-0.3, -0.25) is 4.90 Å². The number of ether oxygens (including phenoxy) is 1. The quantitative estimate of drug-likeness (QED) is 0.802. The molecule has 0 atom stereocenters. The lowest BCUT2D eigenvalue weighted by molar-refractivity contribution is -0.0503. The smallest absolute Gasteiger partial charge is 0.410 e. The summed E-state index contributed by atoms with van der Waals surface area (Å²) in [5.41, 5.74) is 0.937. The minimum absolute atomic E-state index is 0.0183. The van der Waals surface area contributed by atoms with Gasteiger partial charge in [-0.2, -0.15) is 8.78 Å². The van der Waals surface area contributed by atoms with E-state index in [2.05, 4.69) is 0 Å². The Balaban J connectivity index is 1.74. The third-order valence-corrected chi connectivity index (χ3v) is 3.99. The Morgan fingerprint density at radius 1 is 1.17 bits per heavy atom. The molecule has 0 bridgehead atoms. The van der Waals surface area contributed by atoms with Crippen molar-refractivity contribution in [3.8, 4) is 0 Å². The number of hydrogen-bond acceptors (Lipinski definition) is 2. The Morgan fingerprint density at radius 2 is 1.91 bits per heavy atom. The van der Waals surface area contributed by atoms with Gasteiger partial charge >= 0.3 is 6.09 Å². The molecule has 0 saturated heterocycles. The highest BCUT2D eigenvalue weighted by Gasteiger charge is 2.43. The van der Waals surface area contributed by atoms with Crippen molar-refractivity contribution in [1.29, 1.82) is 0 Å². The molecule has 0 spiro atoms. The summed E-state index contributed by atoms with van der Waals surface area (Å²) in [6.07, 6.45) is -0.765. The van der Waals surface area contributed by atoms with Crippen LogP contribution in [-0.4, -0.2) is 17.5 Å². The molecule has 1 amide bonds. The van der Waals surface area contributed by atoms with Crippen molar-refractivity contribution in [2.75, 3.05) is 6.54 Å². The summed E-state index contributed by atoms with van der Waals surface area (Å²) in [6, 6.07) is 13.6. The van der Waals surface area contributed by atoms with Gasteiger partial charge in [-0.25, -0.2) is 4.79 Å². The second-order valence-corrected chi connectivity index (χ2v) is 5.78. The van der Waals surface area contributed by atoms with Gasteiger partial charge in [0.1, 0.15) is 6.61 Å². The summed E-state index contributed by atoms with van der Waals surface area (Å²) in [7, 11) is 0. The summed E-state index contributed by atoms with van der Waals surface area (Å²) in [4.78, 5) is 13.1. The van der Waals surface area contributed by atoms with E-state index in [1.54, 1.807) is 24.3 Å². The van der Waals surface area contributed by atoms with Crippen LogP contribution in [0.1, 0.15) is 16.7 Å². The van der Waals surface area contributed by atoms with Crippen LogP contribution in [0, 0.1) is 0 Å². The average Bonchev–Trinajstić information content (AvgIpc) is 2.52. The molecule has 2 aromatic rings. The Hall–Kier alpha value is -2.14. The number of nitrogens with zero attached hydrogens (tertiary/aromatic N) is 1. The minimum atomic E-state index is -3.20. The molecule has 3 nitrogen and oxygen atoms in total. The molecule has 0 aromatic heterocycles. The van der Waals surface area contributed by atoms with Crippen LogP contribution in [0.5, 0.6) is 0 Å². The molecule has 0 fully saturated rings. The summed E-state index contributed by atoms with van der Waals surface area (Å²) < 4.78 is 33.7. The first-order valence-corrected chi connectivity index (χ1v) is 7.46. The van der Waals surface area contributed by atoms with Crippen molar-refractivity contribution < 1.29 is 18.3 Å². The monoisotopic (exact) mass is 337 g/mol. The predicted octanol–water partition coefficient (Wildman–Crippen LogP) is 4.58. The number of carbonyl (C=O) groups excluding carboxylic acids is 1. The lowest BCUT2D eigenvalue weighted by Crippen LogP contribution is -2.44. The lowest BCUT2D eigenvalue weighted by Gasteiger charge is -2.34. The number of alkyl halides is 2. The highest BCUT2D eigenvalue weighted by molar-refractivity contribution is 6.31. The topological polar surface area (TPSA) is 29.5 Å². The minimum Gasteiger partial charge on any atom is -0.445 e. The number of amides is 1. The van der Waals surface area contributed by atoms with Gasteiger partial charge in [-0.15, -0.1) is 0 Å². The summed E-state index contributed by atoms with van der Waals surface area (Å²) >= 11 is 5.88. The van der Waals surface area contributed by atoms with Gasteiger partial charge in [0, 0.05) is 12.1 Å². The number of halogens is 3. The molecule has 1 heterocycles. The molecule has 120 valence electrons. The molecule has 2 aromatic carbocycles. The Labute approximate surface area is 137 Å². The molecule has 1 aliphatic heterocycles. The van der Waals surface area contributed by atoms with E-state index in [4.69, 9.17) is 16.3 Å². The van der Waals surface area contributed by atoms with E-state index in [1.807, 2.05) is 18.2 Å². The number of carbonyl (C=O) groups is 1. The van der Waals surface area contributed by atoms with Crippen LogP contribution < -0.4 is 0 Å². The van der Waals surface area contributed by atoms with Crippen molar-refractivity contribution in [2.24, 2.45) is 0 Å². The molecule has 0 N–H and O–H groups in total. The van der Waals surface area contributed by atoms with Crippen LogP contribution >= 0.6 is 11.6 Å². The first kappa shape index (κ1) is 15.7. The Bertz CT molecular complexity index is 722. The van der Waals surface area contributed by atoms with Gasteiger partial charge in [-0.05, 0) is 17.2 Å². The van der Waals surface area contributed by atoms with Crippen LogP contribution in [0.4, 0.5) is 13.6 Å². The molecule has 1 aliphatic rings. The molecule has 23 heavy (non-hydrogen) atoms. The zero-order chi connectivity index (χ0) is 16.4. The van der Waals surface area contributed by atoms with Crippen LogP contribution in [-0.2, 0) is 23.8 Å². The highest BCUT2D eigenvalue weighted by Crippen LogP contribution is 2.40. The molecule has 0 unspecified atom stereocenters. The van der Waals surface area contributed by atoms with Crippen molar-refractivity contribution in [2.45, 2.75) is 19.1 Å². The highest BCUT2D eigenvalue weighted by atomic mass is 35.5. The van der Waals surface area contributed by atoms with Gasteiger partial charge in [0.05, 0.1) is 11.6 Å². The fourth-order valence-electron chi connectivity index (χ4n) is 2.63. The number of benzene rings is 2. The van der Waals surface area contributed by atoms with E-state index in [0.717, 1.165) is 10.5 Å². The maximum absolute atomic E-state index is 14.3. The second kappa shape index (κ2) is 6.16. The SMILES string of the molecule is O=C(OCc1ccccc1)N1Cc2cccc(Cl)c2C(F)(F)C1. The normalized spacial score (nSPS) is 15.9. The van der Waals surface area contributed by atoms with Crippen molar-refractivity contribution in [3.63, 3.8) is 0 Å². The van der Waals surface area contributed by atoms with E-state index in [0.29, 0.717) is 5.56 Å². The van der Waals surface area contributed by atoms with E-state index in [1.165, 1.54) is 6.07 Å². The first-order chi connectivity index (χ1) is 11.0. The van der Waals surface area contributed by atoms with Gasteiger partial charge in [-0.1, -0.05) is 54.1 Å². The van der Waals surface area contributed by atoms with Crippen LogP contribution in [0.15, 0.2) is 48.5 Å². The van der Waals surface area contributed by atoms with Gasteiger partial charge in [0.2, 0.25) is 0 Å². The van der Waals surface area contributed by atoms with Gasteiger partial charge in [0.25, 0.3) is 5.92 Å². The summed E-state index contributed by atoms with van der Waals surface area (Å²) in [5, 5.41) is 0.0183. The molecular formula is C17H14ClF2NO2. The number of rotatable bonds is 2. The number of hydrogen-bond donors (Lipinski definition) is 0. The van der Waals surface area contributed by atoms with Crippen molar-refractivity contribution in [3.05, 3.63) is 70.2 Å². The van der Waals surface area contributed by atoms with Crippen LogP contribution in [0.3, 0.4) is 0 Å². The van der Waals surface area contributed by atoms with Crippen molar-refractivity contribution in [1.82, 2.24) is 4.90 Å². The zero-order valence-corrected chi connectivity index (χ0v) is 12.9. The Morgan fingerprint density at radius 3 is 2.65 bits per heavy atom. The molecule has 3 rings (SSSR count). The first-order valence-electron chi connectivity index (χ1n) is 7.09. The van der Waals surface area contributed by atoms with Gasteiger partial charge < -0.3 is 4.74 Å². The molecule has 0 aliphatic carbocycles. The fourth-order valence-corrected chi connectivity index (χ4v) is 2.96. The lowest BCUT2D eigenvalue weighted by atomic mass is 9.97. The maximum atomic E-state index is 14.3. The van der Waals surface area contributed by atoms with Crippen molar-refractivity contribution >= 4 is 17.7 Å². The molecular weight excluding hydrogens is 324 g/mol. The van der Waals surface area contributed by atoms with Crippen LogP contribution in [0.25, 0.3) is 0 Å². The van der Waals surface area contributed by atoms with E-state index >= 15 is 0 Å². The van der Waals surface area contributed by atoms with E-state index in [-0.39, 0.29) is 23.7 Å². The largest absolute Gasteiger partial charge is 0.445 e. The molecule has 6 heteroatoms. The maximum Gasteiger partial charge on any atom is 0.410 e. The van der Waals surface area contributed by atoms with E-state index < -0.39 is 18.6 Å². The fraction of sp³-hybridized carbons (Fsp3) is 0.235. The average molecular weight is 338 g/mol. The van der Waals surface area contributed by atoms with E-state index in [9.17, 15) is 13.6 Å². The standard InChI is InChI=1S/C17H14ClF2NO2/c18-14-8-4-7-13-9-21(11-17(19,20)15(13)14)16(22)23-10-12-5-2-1-3-6-12/h1-8H,9-11H2. The number of fused-ring (bicyclic) bond motifs is 1. The van der Waals surface area contributed by atoms with Crippen LogP contribution in [0.2, 0.25) is 5.02 Å². The third-order valence-electron chi connectivity index (χ3n) is 3.68. The third kappa shape index (κ3) is 3.29. The summed E-state index contributed by atoms with van der Waals surface area (Å²) in [6.45, 7) is -0.638. The second-order valence-electron chi connectivity index (χ2n) is 5.37. The molecule has 0 radical (unpaired) electrons. The summed E-state index contributed by atoms with van der Waals surface area (Å²) in [5.74, 6) is -3.20. The molecule has 0 saturated carbocycles. The van der Waals surface area contributed by atoms with Gasteiger partial charge in [0.15, 0.2) is 0 Å². The predicted molar refractivity (Wildman–Crippen MR) is 82.4 cm³/mol. The zero-order valence-electron chi connectivity index (χ0n) is 12.1. The Kier molecular flexibility index (Phi) is 4.22.